The molecule has 3 heteroatoms. The maximum absolute atomic E-state index is 12.6. The van der Waals surface area contributed by atoms with Gasteiger partial charge in [-0.1, -0.05) is 34.1 Å². The molecule has 23 heavy (non-hydrogen) atoms. The van der Waals surface area contributed by atoms with Gasteiger partial charge in [-0.3, -0.25) is 4.79 Å². The van der Waals surface area contributed by atoms with Gasteiger partial charge in [0.1, 0.15) is 5.60 Å². The zero-order chi connectivity index (χ0) is 17.0. The first kappa shape index (κ1) is 16.9. The molecule has 0 amide bonds. The van der Waals surface area contributed by atoms with Crippen molar-refractivity contribution in [3.8, 4) is 0 Å². The first-order chi connectivity index (χ1) is 10.7. The van der Waals surface area contributed by atoms with Gasteiger partial charge >= 0.3 is 0 Å². The summed E-state index contributed by atoms with van der Waals surface area (Å²) in [5.41, 5.74) is 0.126. The molecule has 3 nitrogen and oxygen atoms in total. The molecule has 0 aliphatic heterocycles. The van der Waals surface area contributed by atoms with Gasteiger partial charge in [-0.25, -0.2) is 0 Å². The van der Waals surface area contributed by atoms with Crippen molar-refractivity contribution in [2.75, 3.05) is 6.61 Å². The molecule has 3 aliphatic rings. The standard InChI is InChI=1S/C20H30O3/c1-13(2)14-11-20(23)9-6-16-18(3,4)7-5-8-19(16,12-21)17(20)10-15(14)22/h10-11,13,16,21,23H,5-9,12H2,1-4H3/t16-,19+,20+/m0/s1. The van der Waals surface area contributed by atoms with Crippen LogP contribution in [0.15, 0.2) is 23.3 Å². The van der Waals surface area contributed by atoms with Crippen LogP contribution in [-0.4, -0.2) is 28.2 Å². The third-order valence-electron chi connectivity index (χ3n) is 6.73. The molecule has 3 rings (SSSR count). The largest absolute Gasteiger partial charge is 0.395 e. The summed E-state index contributed by atoms with van der Waals surface area (Å²) in [4.78, 5) is 12.6. The Morgan fingerprint density at radius 1 is 1.26 bits per heavy atom. The molecule has 0 aromatic heterocycles. The van der Waals surface area contributed by atoms with Crippen molar-refractivity contribution in [2.24, 2.45) is 22.7 Å². The maximum Gasteiger partial charge on any atom is 0.181 e. The average molecular weight is 318 g/mol. The highest BCUT2D eigenvalue weighted by Crippen LogP contribution is 2.62. The molecule has 2 N–H and O–H groups in total. The van der Waals surface area contributed by atoms with Gasteiger partial charge < -0.3 is 10.2 Å². The van der Waals surface area contributed by atoms with Crippen LogP contribution in [0.3, 0.4) is 0 Å². The molecule has 3 atom stereocenters. The lowest BCUT2D eigenvalue weighted by Crippen LogP contribution is -2.57. The third kappa shape index (κ3) is 2.35. The topological polar surface area (TPSA) is 57.5 Å². The first-order valence-electron chi connectivity index (χ1n) is 8.99. The molecule has 0 saturated heterocycles. The summed E-state index contributed by atoms with van der Waals surface area (Å²) in [6, 6.07) is 0. The van der Waals surface area contributed by atoms with Crippen molar-refractivity contribution >= 4 is 5.78 Å². The molecule has 0 aromatic rings. The van der Waals surface area contributed by atoms with Crippen molar-refractivity contribution in [1.29, 1.82) is 0 Å². The SMILES string of the molecule is CC(C)C1=C[C@]2(O)CC[C@H]3C(C)(C)CCC[C@]3(CO)C2=CC1=O. The lowest BCUT2D eigenvalue weighted by molar-refractivity contribution is -0.114. The van der Waals surface area contributed by atoms with Gasteiger partial charge in [0.15, 0.2) is 5.78 Å². The number of aliphatic hydroxyl groups is 2. The van der Waals surface area contributed by atoms with Crippen molar-refractivity contribution in [1.82, 2.24) is 0 Å². The van der Waals surface area contributed by atoms with E-state index in [1.165, 1.54) is 0 Å². The van der Waals surface area contributed by atoms with Crippen molar-refractivity contribution < 1.29 is 15.0 Å². The third-order valence-corrected chi connectivity index (χ3v) is 6.73. The van der Waals surface area contributed by atoms with Gasteiger partial charge in [0.05, 0.1) is 6.61 Å². The molecular weight excluding hydrogens is 288 g/mol. The van der Waals surface area contributed by atoms with Crippen LogP contribution in [-0.2, 0) is 4.79 Å². The van der Waals surface area contributed by atoms with Crippen LogP contribution in [0.1, 0.15) is 59.8 Å². The predicted octanol–water partition coefficient (Wildman–Crippen LogP) is 3.41. The fourth-order valence-electron chi connectivity index (χ4n) is 5.56. The molecule has 0 aromatic carbocycles. The molecule has 3 aliphatic carbocycles. The highest BCUT2D eigenvalue weighted by atomic mass is 16.3. The summed E-state index contributed by atoms with van der Waals surface area (Å²) in [5, 5.41) is 21.7. The first-order valence-corrected chi connectivity index (χ1v) is 8.99. The predicted molar refractivity (Wildman–Crippen MR) is 90.8 cm³/mol. The summed E-state index contributed by atoms with van der Waals surface area (Å²) in [6.45, 7) is 8.54. The fraction of sp³-hybridized carbons (Fsp3) is 0.750. The quantitative estimate of drug-likeness (QED) is 0.820. The molecule has 0 radical (unpaired) electrons. The normalized spacial score (nSPS) is 39.4. The minimum Gasteiger partial charge on any atom is -0.395 e. The van der Waals surface area contributed by atoms with E-state index in [9.17, 15) is 15.0 Å². The number of hydrogen-bond acceptors (Lipinski definition) is 3. The molecule has 0 spiro atoms. The molecule has 0 unspecified atom stereocenters. The number of carbonyl (C=O) groups excluding carboxylic acids is 1. The zero-order valence-electron chi connectivity index (χ0n) is 14.9. The second-order valence-corrected chi connectivity index (χ2v) is 8.85. The van der Waals surface area contributed by atoms with E-state index < -0.39 is 11.0 Å². The second kappa shape index (κ2) is 5.29. The number of fused-ring (bicyclic) bond motifs is 3. The van der Waals surface area contributed by atoms with Gasteiger partial charge in [0.2, 0.25) is 0 Å². The molecule has 2 saturated carbocycles. The highest BCUT2D eigenvalue weighted by molar-refractivity contribution is 6.06. The van der Waals surface area contributed by atoms with Crippen molar-refractivity contribution in [3.05, 3.63) is 23.3 Å². The van der Waals surface area contributed by atoms with E-state index in [2.05, 4.69) is 13.8 Å². The molecule has 128 valence electrons. The van der Waals surface area contributed by atoms with E-state index in [4.69, 9.17) is 0 Å². The van der Waals surface area contributed by atoms with E-state index in [-0.39, 0.29) is 23.7 Å². The van der Waals surface area contributed by atoms with E-state index in [1.54, 1.807) is 12.2 Å². The van der Waals surface area contributed by atoms with Crippen LogP contribution < -0.4 is 0 Å². The number of allylic oxidation sites excluding steroid dienone is 2. The summed E-state index contributed by atoms with van der Waals surface area (Å²) in [6.07, 6.45) is 8.06. The lowest BCUT2D eigenvalue weighted by Gasteiger charge is -2.59. The van der Waals surface area contributed by atoms with Gasteiger partial charge in [-0.05, 0) is 60.7 Å². The maximum atomic E-state index is 12.6. The van der Waals surface area contributed by atoms with Crippen LogP contribution in [0.4, 0.5) is 0 Å². The van der Waals surface area contributed by atoms with Crippen LogP contribution in [0, 0.1) is 22.7 Å². The Morgan fingerprint density at radius 2 is 1.96 bits per heavy atom. The van der Waals surface area contributed by atoms with E-state index in [0.717, 1.165) is 31.3 Å². The van der Waals surface area contributed by atoms with Crippen molar-refractivity contribution in [3.63, 3.8) is 0 Å². The zero-order valence-corrected chi connectivity index (χ0v) is 14.9. The Balaban J connectivity index is 2.12. The van der Waals surface area contributed by atoms with Crippen LogP contribution in [0.25, 0.3) is 0 Å². The average Bonchev–Trinajstić information content (AvgIpc) is 2.46. The summed E-state index contributed by atoms with van der Waals surface area (Å²) < 4.78 is 0. The Kier molecular flexibility index (Phi) is 3.89. The Labute approximate surface area is 139 Å². The molecule has 0 bridgehead atoms. The number of hydrogen-bond donors (Lipinski definition) is 2. The molecule has 2 fully saturated rings. The smallest absolute Gasteiger partial charge is 0.181 e. The van der Waals surface area contributed by atoms with E-state index in [1.807, 2.05) is 13.8 Å². The van der Waals surface area contributed by atoms with Crippen LogP contribution in [0.2, 0.25) is 0 Å². The Hall–Kier alpha value is -0.930. The minimum absolute atomic E-state index is 0.0107. The number of carbonyl (C=O) groups is 1. The van der Waals surface area contributed by atoms with E-state index in [0.29, 0.717) is 17.9 Å². The second-order valence-electron chi connectivity index (χ2n) is 8.85. The van der Waals surface area contributed by atoms with Crippen molar-refractivity contribution in [2.45, 2.75) is 65.4 Å². The fourth-order valence-corrected chi connectivity index (χ4v) is 5.56. The highest BCUT2D eigenvalue weighted by Gasteiger charge is 2.59. The number of ketones is 1. The minimum atomic E-state index is -1.06. The summed E-state index contributed by atoms with van der Waals surface area (Å²) in [7, 11) is 0. The molecule has 0 heterocycles. The van der Waals surface area contributed by atoms with Crippen LogP contribution >= 0.6 is 0 Å². The molecular formula is C20H30O3. The van der Waals surface area contributed by atoms with Gasteiger partial charge in [-0.2, -0.15) is 0 Å². The summed E-state index contributed by atoms with van der Waals surface area (Å²) >= 11 is 0. The van der Waals surface area contributed by atoms with E-state index >= 15 is 0 Å². The van der Waals surface area contributed by atoms with Gasteiger partial charge in [0, 0.05) is 11.0 Å². The monoisotopic (exact) mass is 318 g/mol. The lowest BCUT2D eigenvalue weighted by atomic mass is 9.46. The van der Waals surface area contributed by atoms with Gasteiger partial charge in [0.25, 0.3) is 0 Å². The van der Waals surface area contributed by atoms with Crippen LogP contribution in [0.5, 0.6) is 0 Å². The number of rotatable bonds is 2. The Bertz CT molecular complexity index is 584. The van der Waals surface area contributed by atoms with Gasteiger partial charge in [-0.15, -0.1) is 0 Å². The Morgan fingerprint density at radius 3 is 2.57 bits per heavy atom. The number of aliphatic hydroxyl groups excluding tert-OH is 1. The summed E-state index contributed by atoms with van der Waals surface area (Å²) in [5.74, 6) is 0.438.